The fraction of sp³-hybridized carbons (Fsp3) is 0.600. The van der Waals surface area contributed by atoms with Gasteiger partial charge in [0.1, 0.15) is 0 Å². The van der Waals surface area contributed by atoms with Crippen LogP contribution in [-0.2, 0) is 16.6 Å². The van der Waals surface area contributed by atoms with Gasteiger partial charge in [0, 0.05) is 18.1 Å². The number of benzene rings is 1. The zero-order valence-electron chi connectivity index (χ0n) is 13.2. The molecule has 0 aromatic heterocycles. The summed E-state index contributed by atoms with van der Waals surface area (Å²) in [4.78, 5) is 0.270. The van der Waals surface area contributed by atoms with Crippen LogP contribution >= 0.6 is 11.6 Å². The molecule has 0 saturated heterocycles. The molecule has 0 aliphatic carbocycles. The molecule has 0 bridgehead atoms. The van der Waals surface area contributed by atoms with Crippen LogP contribution in [0.2, 0.25) is 5.02 Å². The second-order valence-electron chi connectivity index (χ2n) is 5.25. The Morgan fingerprint density at radius 2 is 1.86 bits per heavy atom. The number of halogens is 1. The molecule has 0 aliphatic rings. The van der Waals surface area contributed by atoms with E-state index >= 15 is 0 Å². The topological polar surface area (TPSA) is 58.2 Å². The van der Waals surface area contributed by atoms with Gasteiger partial charge in [-0.2, -0.15) is 0 Å². The third-order valence-corrected chi connectivity index (χ3v) is 5.57. The lowest BCUT2D eigenvalue weighted by atomic mass is 10.0. The summed E-state index contributed by atoms with van der Waals surface area (Å²) >= 11 is 6.06. The highest BCUT2D eigenvalue weighted by Gasteiger charge is 2.20. The number of sulfonamides is 1. The van der Waals surface area contributed by atoms with E-state index in [4.69, 9.17) is 11.6 Å². The quantitative estimate of drug-likeness (QED) is 0.769. The minimum absolute atomic E-state index is 0.270. The Morgan fingerprint density at radius 3 is 2.38 bits per heavy atom. The highest BCUT2D eigenvalue weighted by Crippen LogP contribution is 2.24. The maximum absolute atomic E-state index is 12.5. The molecule has 4 nitrogen and oxygen atoms in total. The monoisotopic (exact) mass is 332 g/mol. The van der Waals surface area contributed by atoms with Crippen LogP contribution < -0.4 is 10.0 Å². The van der Waals surface area contributed by atoms with Crippen LogP contribution in [0.25, 0.3) is 0 Å². The normalized spacial score (nSPS) is 12.1. The smallest absolute Gasteiger partial charge is 0.240 e. The molecule has 1 aromatic rings. The van der Waals surface area contributed by atoms with Crippen molar-refractivity contribution in [1.29, 1.82) is 0 Å². The Hall–Kier alpha value is -0.620. The van der Waals surface area contributed by atoms with Gasteiger partial charge in [0.2, 0.25) is 10.0 Å². The predicted octanol–water partition coefficient (Wildman–Crippen LogP) is 3.08. The zero-order chi connectivity index (χ0) is 16.0. The van der Waals surface area contributed by atoms with Crippen molar-refractivity contribution in [3.05, 3.63) is 28.3 Å². The van der Waals surface area contributed by atoms with Crippen molar-refractivity contribution in [2.75, 3.05) is 13.6 Å². The first-order valence-corrected chi connectivity index (χ1v) is 9.15. The van der Waals surface area contributed by atoms with Crippen molar-refractivity contribution in [3.63, 3.8) is 0 Å². The zero-order valence-corrected chi connectivity index (χ0v) is 14.7. The van der Waals surface area contributed by atoms with Crippen LogP contribution in [0, 0.1) is 12.8 Å². The molecule has 0 atom stereocenters. The Bertz CT molecular complexity index is 569. The lowest BCUT2D eigenvalue weighted by molar-refractivity contribution is 0.478. The van der Waals surface area contributed by atoms with Gasteiger partial charge in [-0.1, -0.05) is 38.3 Å². The first-order valence-electron chi connectivity index (χ1n) is 7.28. The largest absolute Gasteiger partial charge is 0.316 e. The summed E-state index contributed by atoms with van der Waals surface area (Å²) in [6, 6.07) is 3.32. The van der Waals surface area contributed by atoms with E-state index in [9.17, 15) is 8.42 Å². The molecule has 6 heteroatoms. The van der Waals surface area contributed by atoms with E-state index in [2.05, 4.69) is 23.9 Å². The van der Waals surface area contributed by atoms with Gasteiger partial charge in [-0.25, -0.2) is 13.1 Å². The summed E-state index contributed by atoms with van der Waals surface area (Å²) in [5.74, 6) is 0.357. The average molecular weight is 333 g/mol. The minimum atomic E-state index is -3.53. The molecule has 0 fully saturated rings. The minimum Gasteiger partial charge on any atom is -0.316 e. The maximum Gasteiger partial charge on any atom is 0.240 e. The molecular weight excluding hydrogens is 308 g/mol. The number of nitrogens with one attached hydrogen (secondary N) is 2. The van der Waals surface area contributed by atoms with E-state index in [-0.39, 0.29) is 4.90 Å². The maximum atomic E-state index is 12.5. The Labute approximate surface area is 133 Å². The highest BCUT2D eigenvalue weighted by molar-refractivity contribution is 7.89. The molecule has 0 radical (unpaired) electrons. The van der Waals surface area contributed by atoms with Gasteiger partial charge in [-0.15, -0.1) is 0 Å². The van der Waals surface area contributed by atoms with E-state index in [0.29, 0.717) is 24.0 Å². The molecule has 0 heterocycles. The summed E-state index contributed by atoms with van der Waals surface area (Å²) in [5.41, 5.74) is 1.64. The number of rotatable bonds is 8. The molecule has 2 N–H and O–H groups in total. The lowest BCUT2D eigenvalue weighted by Gasteiger charge is -2.16. The van der Waals surface area contributed by atoms with E-state index < -0.39 is 10.0 Å². The van der Waals surface area contributed by atoms with Gasteiger partial charge in [0.15, 0.2) is 0 Å². The molecule has 0 aliphatic heterocycles. The Kier molecular flexibility index (Phi) is 7.13. The van der Waals surface area contributed by atoms with E-state index in [1.54, 1.807) is 6.07 Å². The van der Waals surface area contributed by atoms with Crippen LogP contribution in [0.1, 0.15) is 37.8 Å². The number of hydrogen-bond donors (Lipinski definition) is 2. The third-order valence-electron chi connectivity index (χ3n) is 3.81. The molecule has 1 rings (SSSR count). The fourth-order valence-electron chi connectivity index (χ4n) is 2.24. The van der Waals surface area contributed by atoms with Crippen LogP contribution in [0.3, 0.4) is 0 Å². The molecule has 0 unspecified atom stereocenters. The van der Waals surface area contributed by atoms with Gasteiger partial charge in [0.25, 0.3) is 0 Å². The summed E-state index contributed by atoms with van der Waals surface area (Å²) in [7, 11) is -1.71. The first-order chi connectivity index (χ1) is 9.85. The van der Waals surface area contributed by atoms with Crippen LogP contribution in [0.4, 0.5) is 0 Å². The van der Waals surface area contributed by atoms with Gasteiger partial charge in [0.05, 0.1) is 4.90 Å². The van der Waals surface area contributed by atoms with Crippen molar-refractivity contribution >= 4 is 21.6 Å². The first kappa shape index (κ1) is 18.4. The molecule has 120 valence electrons. The SMILES string of the molecule is CCC(CC)CNS(=O)(=O)c1cc(Cl)cc(CNC)c1C. The lowest BCUT2D eigenvalue weighted by Crippen LogP contribution is -2.30. The van der Waals surface area contributed by atoms with Crippen LogP contribution in [-0.4, -0.2) is 22.0 Å². The molecule has 1 aromatic carbocycles. The average Bonchev–Trinajstić information content (AvgIpc) is 2.43. The second-order valence-corrected chi connectivity index (χ2v) is 7.42. The standard InChI is InChI=1S/C15H25ClN2O2S/c1-5-12(6-2)9-18-21(19,20)15-8-14(16)7-13(10-17-4)11(15)3/h7-8,12,17-18H,5-6,9-10H2,1-4H3. The van der Waals surface area contributed by atoms with Gasteiger partial charge < -0.3 is 5.32 Å². The van der Waals surface area contributed by atoms with Crippen molar-refractivity contribution in [2.24, 2.45) is 5.92 Å². The Morgan fingerprint density at radius 1 is 1.24 bits per heavy atom. The van der Waals surface area contributed by atoms with Gasteiger partial charge >= 0.3 is 0 Å². The van der Waals surface area contributed by atoms with Crippen LogP contribution in [0.15, 0.2) is 17.0 Å². The molecule has 0 saturated carbocycles. The summed E-state index contributed by atoms with van der Waals surface area (Å²) in [6.45, 7) is 7.00. The number of hydrogen-bond acceptors (Lipinski definition) is 3. The van der Waals surface area contributed by atoms with Crippen molar-refractivity contribution in [1.82, 2.24) is 10.0 Å². The summed E-state index contributed by atoms with van der Waals surface area (Å²) in [5, 5.41) is 3.46. The fourth-order valence-corrected chi connectivity index (χ4v) is 3.98. The molecular formula is C15H25ClN2O2S. The second kappa shape index (κ2) is 8.13. The van der Waals surface area contributed by atoms with Gasteiger partial charge in [-0.05, 0) is 43.1 Å². The van der Waals surface area contributed by atoms with E-state index in [1.807, 2.05) is 14.0 Å². The predicted molar refractivity (Wildman–Crippen MR) is 88.2 cm³/mol. The van der Waals surface area contributed by atoms with Crippen LogP contribution in [0.5, 0.6) is 0 Å². The molecule has 21 heavy (non-hydrogen) atoms. The third kappa shape index (κ3) is 4.95. The van der Waals surface area contributed by atoms with Crippen molar-refractivity contribution < 1.29 is 8.42 Å². The van der Waals surface area contributed by atoms with Crippen molar-refractivity contribution in [3.8, 4) is 0 Å². The van der Waals surface area contributed by atoms with E-state index in [0.717, 1.165) is 24.0 Å². The molecule has 0 amide bonds. The highest BCUT2D eigenvalue weighted by atomic mass is 35.5. The summed E-state index contributed by atoms with van der Waals surface area (Å²) in [6.07, 6.45) is 1.91. The van der Waals surface area contributed by atoms with Gasteiger partial charge in [-0.3, -0.25) is 0 Å². The van der Waals surface area contributed by atoms with Crippen molar-refractivity contribution in [2.45, 2.75) is 45.1 Å². The summed E-state index contributed by atoms with van der Waals surface area (Å²) < 4.78 is 27.7. The molecule has 0 spiro atoms. The Balaban J connectivity index is 3.07. The van der Waals surface area contributed by atoms with E-state index in [1.165, 1.54) is 6.07 Å².